The third-order valence-electron chi connectivity index (χ3n) is 4.91. The first-order chi connectivity index (χ1) is 12.2. The van der Waals surface area contributed by atoms with Gasteiger partial charge in [0, 0.05) is 24.8 Å². The zero-order valence-electron chi connectivity index (χ0n) is 14.4. The third-order valence-corrected chi connectivity index (χ3v) is 4.91. The van der Waals surface area contributed by atoms with Crippen molar-refractivity contribution in [3.05, 3.63) is 42.5 Å². The molecule has 2 atom stereocenters. The highest BCUT2D eigenvalue weighted by molar-refractivity contribution is 5.97. The number of hydrogen-bond donors (Lipinski definition) is 0. The fourth-order valence-corrected chi connectivity index (χ4v) is 3.78. The number of ether oxygens (including phenoxy) is 1. The maximum absolute atomic E-state index is 12.9. The van der Waals surface area contributed by atoms with Crippen molar-refractivity contribution in [2.75, 3.05) is 31.1 Å². The van der Waals surface area contributed by atoms with E-state index in [4.69, 9.17) is 4.74 Å². The molecule has 1 aromatic carbocycles. The summed E-state index contributed by atoms with van der Waals surface area (Å²) in [6, 6.07) is 8.42. The van der Waals surface area contributed by atoms with E-state index < -0.39 is 0 Å². The summed E-state index contributed by atoms with van der Waals surface area (Å²) in [4.78, 5) is 21.0. The van der Waals surface area contributed by atoms with Gasteiger partial charge in [-0.3, -0.25) is 14.4 Å². The first kappa shape index (κ1) is 16.2. The van der Waals surface area contributed by atoms with E-state index in [1.165, 1.54) is 11.9 Å². The van der Waals surface area contributed by atoms with E-state index in [9.17, 15) is 4.79 Å². The van der Waals surface area contributed by atoms with Crippen molar-refractivity contribution < 1.29 is 9.53 Å². The lowest BCUT2D eigenvalue weighted by atomic mass is 10.1. The van der Waals surface area contributed by atoms with Crippen molar-refractivity contribution in [1.82, 2.24) is 19.7 Å². The lowest BCUT2D eigenvalue weighted by molar-refractivity contribution is -0.122. The van der Waals surface area contributed by atoms with Crippen LogP contribution in [0.5, 0.6) is 0 Å². The van der Waals surface area contributed by atoms with E-state index in [1.807, 2.05) is 23.1 Å². The molecule has 0 saturated carbocycles. The number of amides is 1. The molecular formula is C18H23N5O2. The quantitative estimate of drug-likeness (QED) is 0.829. The van der Waals surface area contributed by atoms with Gasteiger partial charge in [0.05, 0.1) is 25.8 Å². The fraction of sp³-hybridized carbons (Fsp3) is 0.500. The summed E-state index contributed by atoms with van der Waals surface area (Å²) >= 11 is 0. The van der Waals surface area contributed by atoms with E-state index in [0.29, 0.717) is 19.7 Å². The van der Waals surface area contributed by atoms with Crippen molar-refractivity contribution >= 4 is 11.6 Å². The number of nitrogens with zero attached hydrogens (tertiary/aromatic N) is 5. The molecule has 0 unspecified atom stereocenters. The topological polar surface area (TPSA) is 63.5 Å². The summed E-state index contributed by atoms with van der Waals surface area (Å²) < 4.78 is 7.58. The summed E-state index contributed by atoms with van der Waals surface area (Å²) in [6.45, 7) is 5.35. The number of rotatable bonds is 4. The standard InChI is InChI=1S/C18H23N5O2/c1-14-8-15-4-2-3-5-17(15)23(14)18(24)11-21-6-7-25-16(9-21)10-22-13-19-12-20-22/h2-5,12-14,16H,6-11H2,1H3/t14-,16-/m1/s1. The molecule has 7 nitrogen and oxygen atoms in total. The van der Waals surface area contributed by atoms with Crippen LogP contribution in [0.3, 0.4) is 0 Å². The van der Waals surface area contributed by atoms with Gasteiger partial charge in [-0.1, -0.05) is 18.2 Å². The van der Waals surface area contributed by atoms with Crippen LogP contribution < -0.4 is 4.90 Å². The number of para-hydroxylation sites is 1. The van der Waals surface area contributed by atoms with Crippen LogP contribution in [0, 0.1) is 0 Å². The van der Waals surface area contributed by atoms with Crippen LogP contribution in [0.4, 0.5) is 5.69 Å². The number of fused-ring (bicyclic) bond motifs is 1. The second kappa shape index (κ2) is 6.93. The van der Waals surface area contributed by atoms with Crippen LogP contribution in [0.25, 0.3) is 0 Å². The van der Waals surface area contributed by atoms with Gasteiger partial charge in [0.1, 0.15) is 12.7 Å². The molecule has 25 heavy (non-hydrogen) atoms. The Kier molecular flexibility index (Phi) is 4.50. The molecule has 0 spiro atoms. The van der Waals surface area contributed by atoms with Crippen molar-refractivity contribution in [1.29, 1.82) is 0 Å². The van der Waals surface area contributed by atoms with Gasteiger partial charge in [-0.2, -0.15) is 5.10 Å². The lowest BCUT2D eigenvalue weighted by Crippen LogP contribution is -2.49. The van der Waals surface area contributed by atoms with Gasteiger partial charge in [-0.05, 0) is 25.0 Å². The molecule has 0 aliphatic carbocycles. The van der Waals surface area contributed by atoms with Gasteiger partial charge in [0.25, 0.3) is 0 Å². The van der Waals surface area contributed by atoms with Crippen LogP contribution in [-0.4, -0.2) is 64.0 Å². The summed E-state index contributed by atoms with van der Waals surface area (Å²) in [5.41, 5.74) is 2.32. The summed E-state index contributed by atoms with van der Waals surface area (Å²) in [5.74, 6) is 0.166. The van der Waals surface area contributed by atoms with Crippen molar-refractivity contribution in [2.24, 2.45) is 0 Å². The van der Waals surface area contributed by atoms with Gasteiger partial charge in [0.2, 0.25) is 5.91 Å². The highest BCUT2D eigenvalue weighted by atomic mass is 16.5. The van der Waals surface area contributed by atoms with E-state index in [1.54, 1.807) is 11.0 Å². The summed E-state index contributed by atoms with van der Waals surface area (Å²) in [5, 5.41) is 4.13. The Labute approximate surface area is 147 Å². The average Bonchev–Trinajstić information content (AvgIpc) is 3.21. The van der Waals surface area contributed by atoms with Gasteiger partial charge >= 0.3 is 0 Å². The molecule has 4 rings (SSSR count). The molecule has 1 amide bonds. The Morgan fingerprint density at radius 3 is 3.08 bits per heavy atom. The molecule has 2 aliphatic rings. The van der Waals surface area contributed by atoms with Crippen molar-refractivity contribution in [3.63, 3.8) is 0 Å². The van der Waals surface area contributed by atoms with Gasteiger partial charge in [0.15, 0.2) is 0 Å². The Morgan fingerprint density at radius 2 is 2.24 bits per heavy atom. The number of carbonyl (C=O) groups excluding carboxylic acids is 1. The minimum absolute atomic E-state index is 0.0338. The van der Waals surface area contributed by atoms with E-state index in [-0.39, 0.29) is 18.1 Å². The van der Waals surface area contributed by atoms with Crippen LogP contribution in [0.2, 0.25) is 0 Å². The normalized spacial score (nSPS) is 23.6. The molecule has 0 bridgehead atoms. The van der Waals surface area contributed by atoms with Gasteiger partial charge in [-0.25, -0.2) is 4.98 Å². The second-order valence-corrected chi connectivity index (χ2v) is 6.79. The summed E-state index contributed by atoms with van der Waals surface area (Å²) in [6.07, 6.45) is 4.18. The molecular weight excluding hydrogens is 318 g/mol. The molecule has 132 valence electrons. The zero-order chi connectivity index (χ0) is 17.2. The maximum atomic E-state index is 12.9. The Morgan fingerprint density at radius 1 is 1.36 bits per heavy atom. The van der Waals surface area contributed by atoms with Gasteiger partial charge < -0.3 is 9.64 Å². The minimum Gasteiger partial charge on any atom is -0.374 e. The Hall–Kier alpha value is -2.25. The van der Waals surface area contributed by atoms with Crippen LogP contribution in [-0.2, 0) is 22.5 Å². The monoisotopic (exact) mass is 341 g/mol. The molecule has 0 N–H and O–H groups in total. The number of benzene rings is 1. The van der Waals surface area contributed by atoms with E-state index >= 15 is 0 Å². The SMILES string of the molecule is C[C@@H]1Cc2ccccc2N1C(=O)CN1CCO[C@@H](Cn2cncn2)C1. The molecule has 2 aliphatic heterocycles. The molecule has 7 heteroatoms. The van der Waals surface area contributed by atoms with E-state index in [2.05, 4.69) is 28.0 Å². The smallest absolute Gasteiger partial charge is 0.241 e. The van der Waals surface area contributed by atoms with Crippen LogP contribution in [0.1, 0.15) is 12.5 Å². The number of anilines is 1. The fourth-order valence-electron chi connectivity index (χ4n) is 3.78. The number of morpholine rings is 1. The Balaban J connectivity index is 1.39. The van der Waals surface area contributed by atoms with Crippen molar-refractivity contribution in [3.8, 4) is 0 Å². The highest BCUT2D eigenvalue weighted by Gasteiger charge is 2.32. The number of aromatic nitrogens is 3. The maximum Gasteiger partial charge on any atom is 0.241 e. The van der Waals surface area contributed by atoms with Crippen LogP contribution >= 0.6 is 0 Å². The largest absolute Gasteiger partial charge is 0.374 e. The first-order valence-corrected chi connectivity index (χ1v) is 8.77. The molecule has 1 fully saturated rings. The molecule has 1 aromatic heterocycles. The summed E-state index contributed by atoms with van der Waals surface area (Å²) in [7, 11) is 0. The Bertz CT molecular complexity index is 733. The predicted octanol–water partition coefficient (Wildman–Crippen LogP) is 0.957. The number of carbonyl (C=O) groups is 1. The zero-order valence-corrected chi connectivity index (χ0v) is 14.4. The minimum atomic E-state index is 0.0338. The lowest BCUT2D eigenvalue weighted by Gasteiger charge is -2.34. The molecule has 0 radical (unpaired) electrons. The van der Waals surface area contributed by atoms with Crippen LogP contribution in [0.15, 0.2) is 36.9 Å². The molecule has 3 heterocycles. The molecule has 1 saturated heterocycles. The van der Waals surface area contributed by atoms with Crippen molar-refractivity contribution in [2.45, 2.75) is 32.0 Å². The van der Waals surface area contributed by atoms with Gasteiger partial charge in [-0.15, -0.1) is 0 Å². The first-order valence-electron chi connectivity index (χ1n) is 8.77. The molecule has 2 aromatic rings. The highest BCUT2D eigenvalue weighted by Crippen LogP contribution is 2.31. The number of hydrogen-bond acceptors (Lipinski definition) is 5. The average molecular weight is 341 g/mol. The van der Waals surface area contributed by atoms with E-state index in [0.717, 1.165) is 25.2 Å². The third kappa shape index (κ3) is 3.43. The second-order valence-electron chi connectivity index (χ2n) is 6.79. The predicted molar refractivity (Wildman–Crippen MR) is 93.3 cm³/mol.